The molecule has 2 aromatic rings. The SMILES string of the molecule is NCC(Oc1ccc(Br)cc1Br)c1ccccc1Cl. The Kier molecular flexibility index (Phi) is 5.28. The van der Waals surface area contributed by atoms with Gasteiger partial charge in [-0.3, -0.25) is 0 Å². The van der Waals surface area contributed by atoms with Gasteiger partial charge >= 0.3 is 0 Å². The molecule has 2 rings (SSSR count). The molecule has 0 saturated heterocycles. The largest absolute Gasteiger partial charge is 0.483 e. The van der Waals surface area contributed by atoms with Gasteiger partial charge in [-0.1, -0.05) is 45.7 Å². The summed E-state index contributed by atoms with van der Waals surface area (Å²) in [5, 5.41) is 0.659. The summed E-state index contributed by atoms with van der Waals surface area (Å²) in [6.45, 7) is 0.353. The van der Waals surface area contributed by atoms with Crippen molar-refractivity contribution in [2.24, 2.45) is 5.73 Å². The van der Waals surface area contributed by atoms with Crippen molar-refractivity contribution in [3.8, 4) is 5.75 Å². The fourth-order valence-corrected chi connectivity index (χ4v) is 3.10. The molecule has 19 heavy (non-hydrogen) atoms. The molecule has 0 fully saturated rings. The van der Waals surface area contributed by atoms with Crippen molar-refractivity contribution in [3.05, 3.63) is 62.0 Å². The summed E-state index contributed by atoms with van der Waals surface area (Å²) in [6.07, 6.45) is -0.272. The van der Waals surface area contributed by atoms with Crippen molar-refractivity contribution in [3.63, 3.8) is 0 Å². The van der Waals surface area contributed by atoms with Gasteiger partial charge in [0.05, 0.1) is 4.47 Å². The van der Waals surface area contributed by atoms with Gasteiger partial charge in [0.15, 0.2) is 0 Å². The minimum absolute atomic E-state index is 0.272. The van der Waals surface area contributed by atoms with E-state index in [1.54, 1.807) is 0 Å². The molecule has 0 spiro atoms. The lowest BCUT2D eigenvalue weighted by molar-refractivity contribution is 0.213. The lowest BCUT2D eigenvalue weighted by Gasteiger charge is -2.19. The van der Waals surface area contributed by atoms with E-state index in [-0.39, 0.29) is 6.10 Å². The van der Waals surface area contributed by atoms with Gasteiger partial charge in [0.25, 0.3) is 0 Å². The van der Waals surface area contributed by atoms with Gasteiger partial charge in [0, 0.05) is 21.6 Å². The molecule has 0 aromatic heterocycles. The van der Waals surface area contributed by atoms with Gasteiger partial charge in [0.1, 0.15) is 11.9 Å². The first-order chi connectivity index (χ1) is 9.11. The van der Waals surface area contributed by atoms with E-state index in [0.717, 1.165) is 20.3 Å². The maximum absolute atomic E-state index is 6.17. The Hall–Kier alpha value is -0.550. The molecule has 1 atom stereocenters. The second-order valence-electron chi connectivity index (χ2n) is 3.94. The third-order valence-corrected chi connectivity index (χ3v) is 4.09. The summed E-state index contributed by atoms with van der Waals surface area (Å²) in [6, 6.07) is 13.3. The molecular weight excluding hydrogens is 393 g/mol. The van der Waals surface area contributed by atoms with E-state index in [1.165, 1.54) is 0 Å². The molecule has 2 aromatic carbocycles. The van der Waals surface area contributed by atoms with Crippen LogP contribution in [-0.2, 0) is 0 Å². The van der Waals surface area contributed by atoms with Crippen molar-refractivity contribution in [1.29, 1.82) is 0 Å². The molecule has 0 amide bonds. The van der Waals surface area contributed by atoms with Crippen LogP contribution in [0.1, 0.15) is 11.7 Å². The minimum atomic E-state index is -0.272. The number of nitrogens with two attached hydrogens (primary N) is 1. The van der Waals surface area contributed by atoms with E-state index in [1.807, 2.05) is 42.5 Å². The highest BCUT2D eigenvalue weighted by molar-refractivity contribution is 9.11. The Morgan fingerprint density at radius 1 is 1.16 bits per heavy atom. The Morgan fingerprint density at radius 3 is 2.53 bits per heavy atom. The van der Waals surface area contributed by atoms with Crippen LogP contribution < -0.4 is 10.5 Å². The number of hydrogen-bond donors (Lipinski definition) is 1. The molecule has 0 radical (unpaired) electrons. The summed E-state index contributed by atoms with van der Waals surface area (Å²) < 4.78 is 7.79. The minimum Gasteiger partial charge on any atom is -0.483 e. The van der Waals surface area contributed by atoms with Crippen molar-refractivity contribution in [2.45, 2.75) is 6.10 Å². The average molecular weight is 406 g/mol. The number of hydrogen-bond acceptors (Lipinski definition) is 2. The normalized spacial score (nSPS) is 12.2. The molecule has 0 heterocycles. The Morgan fingerprint density at radius 2 is 1.89 bits per heavy atom. The summed E-state index contributed by atoms with van der Waals surface area (Å²) in [7, 11) is 0. The van der Waals surface area contributed by atoms with Gasteiger partial charge < -0.3 is 10.5 Å². The second kappa shape index (κ2) is 6.75. The standard InChI is InChI=1S/C14H12Br2ClNO/c15-9-5-6-13(11(16)7-9)19-14(8-18)10-3-1-2-4-12(10)17/h1-7,14H,8,18H2. The Balaban J connectivity index is 2.27. The topological polar surface area (TPSA) is 35.2 Å². The van der Waals surface area contributed by atoms with Gasteiger partial charge in [0.2, 0.25) is 0 Å². The highest BCUT2D eigenvalue weighted by Crippen LogP contribution is 2.33. The van der Waals surface area contributed by atoms with Crippen LogP contribution in [0, 0.1) is 0 Å². The van der Waals surface area contributed by atoms with Crippen molar-refractivity contribution in [2.75, 3.05) is 6.54 Å². The maximum Gasteiger partial charge on any atom is 0.137 e. The lowest BCUT2D eigenvalue weighted by Crippen LogP contribution is -2.19. The van der Waals surface area contributed by atoms with E-state index in [9.17, 15) is 0 Å². The second-order valence-corrected chi connectivity index (χ2v) is 6.12. The molecule has 2 N–H and O–H groups in total. The summed E-state index contributed by atoms with van der Waals surface area (Å²) in [4.78, 5) is 0. The number of halogens is 3. The molecule has 1 unspecified atom stereocenters. The van der Waals surface area contributed by atoms with Crippen molar-refractivity contribution in [1.82, 2.24) is 0 Å². The van der Waals surface area contributed by atoms with Crippen LogP contribution in [0.2, 0.25) is 5.02 Å². The third kappa shape index (κ3) is 3.72. The van der Waals surface area contributed by atoms with E-state index < -0.39 is 0 Å². The van der Waals surface area contributed by atoms with Crippen molar-refractivity contribution >= 4 is 43.5 Å². The zero-order valence-corrected chi connectivity index (χ0v) is 13.9. The van der Waals surface area contributed by atoms with Crippen LogP contribution in [-0.4, -0.2) is 6.54 Å². The summed E-state index contributed by atoms with van der Waals surface area (Å²) in [5.41, 5.74) is 6.68. The molecule has 0 aliphatic heterocycles. The van der Waals surface area contributed by atoms with Gasteiger partial charge in [-0.15, -0.1) is 0 Å². The van der Waals surface area contributed by atoms with Gasteiger partial charge in [-0.2, -0.15) is 0 Å². The first kappa shape index (κ1) is 14.9. The summed E-state index contributed by atoms with van der Waals surface area (Å²) in [5.74, 6) is 0.735. The van der Waals surface area contributed by atoms with E-state index in [2.05, 4.69) is 31.9 Å². The number of rotatable bonds is 4. The predicted octanol–water partition coefficient (Wildman–Crippen LogP) is 4.94. The molecule has 0 aliphatic carbocycles. The smallest absolute Gasteiger partial charge is 0.137 e. The van der Waals surface area contributed by atoms with Gasteiger partial charge in [-0.05, 0) is 40.2 Å². The number of benzene rings is 2. The zero-order chi connectivity index (χ0) is 13.8. The molecule has 0 saturated carbocycles. The van der Waals surface area contributed by atoms with Crippen molar-refractivity contribution < 1.29 is 4.74 Å². The molecule has 0 aliphatic rings. The maximum atomic E-state index is 6.17. The molecule has 0 bridgehead atoms. The molecule has 100 valence electrons. The first-order valence-corrected chi connectivity index (χ1v) is 7.64. The fraction of sp³-hybridized carbons (Fsp3) is 0.143. The molecular formula is C14H12Br2ClNO. The van der Waals surface area contributed by atoms with Crippen LogP contribution in [0.15, 0.2) is 51.4 Å². The van der Waals surface area contributed by atoms with Crippen LogP contribution in [0.25, 0.3) is 0 Å². The van der Waals surface area contributed by atoms with Gasteiger partial charge in [-0.25, -0.2) is 0 Å². The Bertz CT molecular complexity index is 577. The predicted molar refractivity (Wildman–Crippen MR) is 85.7 cm³/mol. The van der Waals surface area contributed by atoms with E-state index >= 15 is 0 Å². The third-order valence-electron chi connectivity index (χ3n) is 2.63. The Labute approximate surface area is 134 Å². The number of ether oxygens (including phenoxy) is 1. The fourth-order valence-electron chi connectivity index (χ4n) is 1.70. The van der Waals surface area contributed by atoms with E-state index in [0.29, 0.717) is 11.6 Å². The van der Waals surface area contributed by atoms with Crippen LogP contribution in [0.3, 0.4) is 0 Å². The van der Waals surface area contributed by atoms with Crippen LogP contribution in [0.5, 0.6) is 5.75 Å². The quantitative estimate of drug-likeness (QED) is 0.782. The zero-order valence-electron chi connectivity index (χ0n) is 9.95. The molecule has 5 heteroatoms. The van der Waals surface area contributed by atoms with Crippen LogP contribution >= 0.6 is 43.5 Å². The highest BCUT2D eigenvalue weighted by atomic mass is 79.9. The highest BCUT2D eigenvalue weighted by Gasteiger charge is 2.16. The van der Waals surface area contributed by atoms with Crippen LogP contribution in [0.4, 0.5) is 0 Å². The summed E-state index contributed by atoms with van der Waals surface area (Å²) >= 11 is 13.0. The average Bonchev–Trinajstić information content (AvgIpc) is 2.39. The monoisotopic (exact) mass is 403 g/mol. The first-order valence-electron chi connectivity index (χ1n) is 5.68. The molecule has 2 nitrogen and oxygen atoms in total. The lowest BCUT2D eigenvalue weighted by atomic mass is 10.1. The van der Waals surface area contributed by atoms with E-state index in [4.69, 9.17) is 22.1 Å².